The normalized spacial score (nSPS) is 16.4. The molecule has 6 nitrogen and oxygen atoms in total. The number of pyridine rings is 1. The predicted molar refractivity (Wildman–Crippen MR) is 80.5 cm³/mol. The minimum atomic E-state index is -0.162. The van der Waals surface area contributed by atoms with E-state index in [2.05, 4.69) is 22.0 Å². The van der Waals surface area contributed by atoms with E-state index in [1.54, 1.807) is 19.3 Å². The summed E-state index contributed by atoms with van der Waals surface area (Å²) < 4.78 is 0. The minimum absolute atomic E-state index is 0. The van der Waals surface area contributed by atoms with E-state index < -0.39 is 0 Å². The van der Waals surface area contributed by atoms with Crippen LogP contribution < -0.4 is 0 Å². The van der Waals surface area contributed by atoms with E-state index in [4.69, 9.17) is 0 Å². The molecule has 0 unspecified atom stereocenters. The van der Waals surface area contributed by atoms with Gasteiger partial charge in [0.2, 0.25) is 0 Å². The molecular weight excluding hydrogens is 280 g/mol. The fourth-order valence-corrected chi connectivity index (χ4v) is 1.97. The Morgan fingerprint density at radius 3 is 2.60 bits per heavy atom. The van der Waals surface area contributed by atoms with Crippen molar-refractivity contribution < 1.29 is 10.2 Å². The van der Waals surface area contributed by atoms with E-state index in [1.165, 1.54) is 0 Å². The van der Waals surface area contributed by atoms with Crippen molar-refractivity contribution in [1.82, 2.24) is 14.9 Å². The van der Waals surface area contributed by atoms with Crippen LogP contribution in [-0.4, -0.2) is 64.5 Å². The van der Waals surface area contributed by atoms with Crippen molar-refractivity contribution in [2.45, 2.75) is 13.5 Å². The molecule has 1 saturated heterocycles. The van der Waals surface area contributed by atoms with Gasteiger partial charge < -0.3 is 15.1 Å². The first-order valence-corrected chi connectivity index (χ1v) is 6.37. The van der Waals surface area contributed by atoms with Crippen molar-refractivity contribution in [2.75, 3.05) is 33.2 Å². The molecule has 1 fully saturated rings. The second-order valence-electron chi connectivity index (χ2n) is 4.79. The molecule has 0 amide bonds. The summed E-state index contributed by atoms with van der Waals surface area (Å²) in [5, 5.41) is 25.6. The summed E-state index contributed by atoms with van der Waals surface area (Å²) in [4.78, 5) is 6.27. The van der Waals surface area contributed by atoms with Gasteiger partial charge in [-0.15, -0.1) is 12.4 Å². The highest BCUT2D eigenvalue weighted by Gasteiger charge is 2.13. The van der Waals surface area contributed by atoms with Crippen LogP contribution in [0.15, 0.2) is 11.3 Å². The largest absolute Gasteiger partial charge is 0.505 e. The SMILES string of the molecule is Cc1ncc(CO)c(C=NN2CCN(C)CC2)c1O.Cl. The lowest BCUT2D eigenvalue weighted by atomic mass is 10.1. The standard InChI is InChI=1S/C13H20N4O2.ClH/c1-10-13(19)12(11(9-18)7-14-10)8-15-17-5-3-16(2)4-6-17;/h7-8,18-19H,3-6,9H2,1-2H3;1H. The summed E-state index contributed by atoms with van der Waals surface area (Å²) in [7, 11) is 2.09. The van der Waals surface area contributed by atoms with Gasteiger partial charge in [-0.25, -0.2) is 0 Å². The molecular formula is C13H21ClN4O2. The Bertz CT molecular complexity index is 474. The van der Waals surface area contributed by atoms with E-state index in [0.29, 0.717) is 16.8 Å². The van der Waals surface area contributed by atoms with Gasteiger partial charge in [0.1, 0.15) is 5.75 Å². The highest BCUT2D eigenvalue weighted by atomic mass is 35.5. The van der Waals surface area contributed by atoms with Gasteiger partial charge in [0.25, 0.3) is 0 Å². The van der Waals surface area contributed by atoms with E-state index >= 15 is 0 Å². The maximum atomic E-state index is 9.99. The number of nitrogens with zero attached hydrogens (tertiary/aromatic N) is 4. The molecule has 0 atom stereocenters. The highest BCUT2D eigenvalue weighted by Crippen LogP contribution is 2.22. The lowest BCUT2D eigenvalue weighted by Crippen LogP contribution is -2.41. The van der Waals surface area contributed by atoms with Gasteiger partial charge >= 0.3 is 0 Å². The summed E-state index contributed by atoms with van der Waals surface area (Å²) in [6.45, 7) is 5.25. The van der Waals surface area contributed by atoms with Crippen molar-refractivity contribution in [2.24, 2.45) is 5.10 Å². The summed E-state index contributed by atoms with van der Waals surface area (Å²) in [6, 6.07) is 0. The number of hydrazone groups is 1. The third kappa shape index (κ3) is 3.82. The van der Waals surface area contributed by atoms with Gasteiger partial charge in [-0.1, -0.05) is 0 Å². The van der Waals surface area contributed by atoms with Crippen molar-refractivity contribution in [3.8, 4) is 5.75 Å². The van der Waals surface area contributed by atoms with Gasteiger partial charge in [-0.05, 0) is 14.0 Å². The first-order valence-electron chi connectivity index (χ1n) is 6.37. The molecule has 1 aliphatic heterocycles. The molecule has 2 N–H and O–H groups in total. The average molecular weight is 301 g/mol. The molecule has 1 aliphatic rings. The van der Waals surface area contributed by atoms with E-state index in [-0.39, 0.29) is 24.8 Å². The lowest BCUT2D eigenvalue weighted by molar-refractivity contribution is 0.159. The zero-order chi connectivity index (χ0) is 13.8. The minimum Gasteiger partial charge on any atom is -0.505 e. The van der Waals surface area contributed by atoms with Crippen LogP contribution in [0.2, 0.25) is 0 Å². The molecule has 1 aromatic heterocycles. The number of aromatic nitrogens is 1. The average Bonchev–Trinajstić information content (AvgIpc) is 2.42. The number of aromatic hydroxyl groups is 1. The number of aliphatic hydroxyl groups is 1. The summed E-state index contributed by atoms with van der Waals surface area (Å²) in [5.74, 6) is 0.0874. The maximum absolute atomic E-state index is 9.99. The Balaban J connectivity index is 0.00000200. The van der Waals surface area contributed by atoms with Crippen LogP contribution in [0, 0.1) is 6.92 Å². The molecule has 0 aliphatic carbocycles. The predicted octanol–water partition coefficient (Wildman–Crippen LogP) is 0.591. The Morgan fingerprint density at radius 2 is 2.00 bits per heavy atom. The lowest BCUT2D eigenvalue weighted by Gasteiger charge is -2.30. The number of halogens is 1. The van der Waals surface area contributed by atoms with Crippen molar-refractivity contribution in [3.05, 3.63) is 23.0 Å². The fraction of sp³-hybridized carbons (Fsp3) is 0.538. The molecule has 0 bridgehead atoms. The monoisotopic (exact) mass is 300 g/mol. The number of rotatable bonds is 3. The number of hydrogen-bond donors (Lipinski definition) is 2. The quantitative estimate of drug-likeness (QED) is 0.800. The van der Waals surface area contributed by atoms with Gasteiger partial charge in [-0.3, -0.25) is 9.99 Å². The second-order valence-corrected chi connectivity index (χ2v) is 4.79. The van der Waals surface area contributed by atoms with Crippen LogP contribution in [0.5, 0.6) is 5.75 Å². The number of aryl methyl sites for hydroxylation is 1. The summed E-state index contributed by atoms with van der Waals surface area (Å²) in [6.07, 6.45) is 3.18. The Labute approximate surface area is 125 Å². The number of piperazine rings is 1. The zero-order valence-corrected chi connectivity index (χ0v) is 12.6. The fourth-order valence-electron chi connectivity index (χ4n) is 1.97. The molecule has 2 rings (SSSR count). The maximum Gasteiger partial charge on any atom is 0.145 e. The van der Waals surface area contributed by atoms with E-state index in [1.807, 2.05) is 5.01 Å². The van der Waals surface area contributed by atoms with Crippen LogP contribution in [0.25, 0.3) is 0 Å². The molecule has 0 spiro atoms. The highest BCUT2D eigenvalue weighted by molar-refractivity contribution is 5.85. The van der Waals surface area contributed by atoms with E-state index in [0.717, 1.165) is 26.2 Å². The van der Waals surface area contributed by atoms with Crippen LogP contribution in [-0.2, 0) is 6.61 Å². The molecule has 0 saturated carbocycles. The first kappa shape index (κ1) is 16.7. The topological polar surface area (TPSA) is 72.2 Å². The summed E-state index contributed by atoms with van der Waals surface area (Å²) >= 11 is 0. The molecule has 20 heavy (non-hydrogen) atoms. The molecule has 7 heteroatoms. The van der Waals surface area contributed by atoms with Crippen LogP contribution in [0.1, 0.15) is 16.8 Å². The molecule has 2 heterocycles. The van der Waals surface area contributed by atoms with Crippen molar-refractivity contribution in [1.29, 1.82) is 0 Å². The molecule has 0 aromatic carbocycles. The third-order valence-corrected chi connectivity index (χ3v) is 3.36. The van der Waals surface area contributed by atoms with Gasteiger partial charge in [-0.2, -0.15) is 5.10 Å². The number of hydrogen-bond acceptors (Lipinski definition) is 6. The van der Waals surface area contributed by atoms with Gasteiger partial charge in [0.15, 0.2) is 0 Å². The summed E-state index contributed by atoms with van der Waals surface area (Å²) in [5.41, 5.74) is 1.67. The molecule has 1 aromatic rings. The third-order valence-electron chi connectivity index (χ3n) is 3.36. The van der Waals surface area contributed by atoms with Crippen LogP contribution in [0.3, 0.4) is 0 Å². The Kier molecular flexibility index (Phi) is 6.19. The first-order chi connectivity index (χ1) is 9.11. The zero-order valence-electron chi connectivity index (χ0n) is 11.8. The molecule has 0 radical (unpaired) electrons. The van der Waals surface area contributed by atoms with Gasteiger partial charge in [0.05, 0.1) is 18.5 Å². The van der Waals surface area contributed by atoms with Crippen LogP contribution >= 0.6 is 12.4 Å². The Morgan fingerprint density at radius 1 is 1.35 bits per heavy atom. The van der Waals surface area contributed by atoms with Crippen LogP contribution in [0.4, 0.5) is 0 Å². The number of aliphatic hydroxyl groups excluding tert-OH is 1. The second kappa shape index (κ2) is 7.42. The Hall–Kier alpha value is -1.37. The smallest absolute Gasteiger partial charge is 0.145 e. The number of likely N-dealkylation sites (N-methyl/N-ethyl adjacent to an activating group) is 1. The van der Waals surface area contributed by atoms with E-state index in [9.17, 15) is 10.2 Å². The van der Waals surface area contributed by atoms with Crippen molar-refractivity contribution >= 4 is 18.6 Å². The molecule has 112 valence electrons. The van der Waals surface area contributed by atoms with Crippen molar-refractivity contribution in [3.63, 3.8) is 0 Å². The van der Waals surface area contributed by atoms with Gasteiger partial charge in [0, 0.05) is 43.5 Å².